The normalized spacial score (nSPS) is 34.6. The highest BCUT2D eigenvalue weighted by atomic mass is 16.2. The lowest BCUT2D eigenvalue weighted by atomic mass is 9.92. The Balaban J connectivity index is 2.27. The number of carbonyl (C=O) groups excluding carboxylic acids is 1. The molecule has 1 aliphatic carbocycles. The smallest absolute Gasteiger partial charge is 0.229 e. The summed E-state index contributed by atoms with van der Waals surface area (Å²) in [6.07, 6.45) is 8.09. The molecule has 2 rings (SSSR count). The molecule has 0 aromatic heterocycles. The van der Waals surface area contributed by atoms with Gasteiger partial charge < -0.3 is 4.90 Å². The molecule has 1 fully saturated rings. The third kappa shape index (κ3) is 0.897. The Morgan fingerprint density at radius 2 is 2.18 bits per heavy atom. The van der Waals surface area contributed by atoms with Crippen molar-refractivity contribution in [3.05, 3.63) is 24.3 Å². The zero-order chi connectivity index (χ0) is 7.84. The van der Waals surface area contributed by atoms with Crippen molar-refractivity contribution in [2.75, 3.05) is 13.6 Å². The van der Waals surface area contributed by atoms with Crippen LogP contribution >= 0.6 is 0 Å². The van der Waals surface area contributed by atoms with Crippen molar-refractivity contribution >= 4 is 5.91 Å². The van der Waals surface area contributed by atoms with E-state index < -0.39 is 0 Å². The Kier molecular flexibility index (Phi) is 1.34. The van der Waals surface area contributed by atoms with E-state index >= 15 is 0 Å². The minimum absolute atomic E-state index is 0.130. The lowest BCUT2D eigenvalue weighted by Crippen LogP contribution is -2.21. The van der Waals surface area contributed by atoms with Crippen LogP contribution in [-0.2, 0) is 4.79 Å². The molecule has 2 heteroatoms. The molecule has 1 saturated heterocycles. The van der Waals surface area contributed by atoms with E-state index in [0.717, 1.165) is 6.54 Å². The Morgan fingerprint density at radius 3 is 2.91 bits per heavy atom. The number of hydrogen-bond donors (Lipinski definition) is 0. The van der Waals surface area contributed by atoms with E-state index in [2.05, 4.69) is 6.08 Å². The molecule has 0 saturated carbocycles. The summed E-state index contributed by atoms with van der Waals surface area (Å²) in [5.41, 5.74) is 0. The zero-order valence-corrected chi connectivity index (χ0v) is 6.53. The summed E-state index contributed by atoms with van der Waals surface area (Å²) in [6, 6.07) is 0. The summed E-state index contributed by atoms with van der Waals surface area (Å²) in [6.45, 7) is 0.879. The maximum absolute atomic E-state index is 11.4. The Hall–Kier alpha value is -1.05. The zero-order valence-electron chi connectivity index (χ0n) is 6.53. The molecule has 58 valence electrons. The first-order valence-electron chi connectivity index (χ1n) is 3.89. The molecule has 2 nitrogen and oxygen atoms in total. The van der Waals surface area contributed by atoms with Gasteiger partial charge >= 0.3 is 0 Å². The van der Waals surface area contributed by atoms with E-state index in [1.165, 1.54) is 0 Å². The topological polar surface area (TPSA) is 20.3 Å². The van der Waals surface area contributed by atoms with Crippen molar-refractivity contribution < 1.29 is 4.79 Å². The second-order valence-corrected chi connectivity index (χ2v) is 3.18. The van der Waals surface area contributed by atoms with Gasteiger partial charge in [0, 0.05) is 19.5 Å². The number of fused-ring (bicyclic) bond motifs is 1. The Bertz CT molecular complexity index is 242. The van der Waals surface area contributed by atoms with Gasteiger partial charge in [-0.15, -0.1) is 0 Å². The van der Waals surface area contributed by atoms with Crippen LogP contribution in [-0.4, -0.2) is 24.4 Å². The lowest BCUT2D eigenvalue weighted by Gasteiger charge is -2.09. The highest BCUT2D eigenvalue weighted by molar-refractivity contribution is 5.83. The molecule has 0 bridgehead atoms. The van der Waals surface area contributed by atoms with Gasteiger partial charge in [0.15, 0.2) is 0 Å². The summed E-state index contributed by atoms with van der Waals surface area (Å²) >= 11 is 0. The number of allylic oxidation sites excluding steroid dienone is 2. The summed E-state index contributed by atoms with van der Waals surface area (Å²) in [4.78, 5) is 13.2. The van der Waals surface area contributed by atoms with E-state index in [1.54, 1.807) is 4.90 Å². The monoisotopic (exact) mass is 149 g/mol. The highest BCUT2D eigenvalue weighted by Crippen LogP contribution is 2.28. The first kappa shape index (κ1) is 6.65. The maximum Gasteiger partial charge on any atom is 0.229 e. The maximum atomic E-state index is 11.4. The first-order valence-corrected chi connectivity index (χ1v) is 3.89. The van der Waals surface area contributed by atoms with Gasteiger partial charge in [0.1, 0.15) is 0 Å². The van der Waals surface area contributed by atoms with Gasteiger partial charge in [0.05, 0.1) is 5.92 Å². The van der Waals surface area contributed by atoms with Crippen LogP contribution in [0.5, 0.6) is 0 Å². The molecule has 0 spiro atoms. The fraction of sp³-hybridized carbons (Fsp3) is 0.444. The second kappa shape index (κ2) is 2.22. The summed E-state index contributed by atoms with van der Waals surface area (Å²) in [5, 5.41) is 0. The van der Waals surface area contributed by atoms with Crippen molar-refractivity contribution in [3.63, 3.8) is 0 Å². The summed E-state index contributed by atoms with van der Waals surface area (Å²) < 4.78 is 0. The van der Waals surface area contributed by atoms with Crippen molar-refractivity contribution in [2.24, 2.45) is 11.8 Å². The van der Waals surface area contributed by atoms with Crippen LogP contribution in [0, 0.1) is 11.8 Å². The van der Waals surface area contributed by atoms with Crippen molar-refractivity contribution in [3.8, 4) is 0 Å². The minimum atomic E-state index is 0.130. The van der Waals surface area contributed by atoms with Gasteiger partial charge in [0.25, 0.3) is 0 Å². The third-order valence-corrected chi connectivity index (χ3v) is 2.40. The number of carbonyl (C=O) groups is 1. The van der Waals surface area contributed by atoms with E-state index in [-0.39, 0.29) is 11.8 Å². The first-order chi connectivity index (χ1) is 5.29. The molecule has 11 heavy (non-hydrogen) atoms. The fourth-order valence-corrected chi connectivity index (χ4v) is 1.75. The van der Waals surface area contributed by atoms with Crippen LogP contribution in [0.3, 0.4) is 0 Å². The second-order valence-electron chi connectivity index (χ2n) is 3.18. The number of hydrogen-bond acceptors (Lipinski definition) is 1. The number of likely N-dealkylation sites (tertiary alicyclic amines) is 1. The van der Waals surface area contributed by atoms with Gasteiger partial charge in [0.2, 0.25) is 5.91 Å². The quantitative estimate of drug-likeness (QED) is 0.499. The van der Waals surface area contributed by atoms with Crippen LogP contribution in [0.4, 0.5) is 0 Å². The van der Waals surface area contributed by atoms with E-state index in [4.69, 9.17) is 0 Å². The van der Waals surface area contributed by atoms with E-state index in [1.807, 2.05) is 25.3 Å². The van der Waals surface area contributed by atoms with Crippen LogP contribution in [0.2, 0.25) is 0 Å². The number of amides is 1. The SMILES string of the molecule is CN1CC2C=CC=CC2C1=O. The molecule has 1 heterocycles. The van der Waals surface area contributed by atoms with Gasteiger partial charge in [-0.05, 0) is 0 Å². The molecular weight excluding hydrogens is 138 g/mol. The highest BCUT2D eigenvalue weighted by Gasteiger charge is 2.35. The predicted octanol–water partition coefficient (Wildman–Crippen LogP) is 0.817. The van der Waals surface area contributed by atoms with Crippen molar-refractivity contribution in [1.82, 2.24) is 4.90 Å². The Morgan fingerprint density at radius 1 is 1.45 bits per heavy atom. The lowest BCUT2D eigenvalue weighted by molar-refractivity contribution is -0.128. The van der Waals surface area contributed by atoms with Crippen LogP contribution in [0.25, 0.3) is 0 Å². The summed E-state index contributed by atoms with van der Waals surface area (Å²) in [7, 11) is 1.86. The molecule has 0 aromatic rings. The van der Waals surface area contributed by atoms with Crippen molar-refractivity contribution in [2.45, 2.75) is 0 Å². The molecule has 2 aliphatic rings. The standard InChI is InChI=1S/C9H11NO/c1-10-6-7-4-2-3-5-8(7)9(10)11/h2-5,7-8H,6H2,1H3. The molecule has 0 radical (unpaired) electrons. The molecule has 0 aromatic carbocycles. The van der Waals surface area contributed by atoms with E-state index in [0.29, 0.717) is 5.92 Å². The number of nitrogens with zero attached hydrogens (tertiary/aromatic N) is 1. The molecule has 1 amide bonds. The fourth-order valence-electron chi connectivity index (χ4n) is 1.75. The van der Waals surface area contributed by atoms with Crippen LogP contribution in [0.1, 0.15) is 0 Å². The molecule has 1 aliphatic heterocycles. The third-order valence-electron chi connectivity index (χ3n) is 2.40. The summed E-state index contributed by atoms with van der Waals surface area (Å²) in [5.74, 6) is 0.818. The molecule has 0 N–H and O–H groups in total. The van der Waals surface area contributed by atoms with E-state index in [9.17, 15) is 4.79 Å². The average Bonchev–Trinajstić information content (AvgIpc) is 2.30. The largest absolute Gasteiger partial charge is 0.345 e. The van der Waals surface area contributed by atoms with Gasteiger partial charge in [-0.3, -0.25) is 4.79 Å². The van der Waals surface area contributed by atoms with Gasteiger partial charge in [-0.2, -0.15) is 0 Å². The Labute approximate surface area is 66.2 Å². The van der Waals surface area contributed by atoms with Crippen molar-refractivity contribution in [1.29, 1.82) is 0 Å². The van der Waals surface area contributed by atoms with Crippen LogP contribution in [0.15, 0.2) is 24.3 Å². The number of rotatable bonds is 0. The minimum Gasteiger partial charge on any atom is -0.345 e. The molecule has 2 atom stereocenters. The van der Waals surface area contributed by atoms with Crippen LogP contribution < -0.4 is 0 Å². The molecular formula is C9H11NO. The van der Waals surface area contributed by atoms with Gasteiger partial charge in [-0.1, -0.05) is 24.3 Å². The van der Waals surface area contributed by atoms with Gasteiger partial charge in [-0.25, -0.2) is 0 Å². The predicted molar refractivity (Wildman–Crippen MR) is 42.9 cm³/mol. The molecule has 2 unspecified atom stereocenters. The average molecular weight is 149 g/mol.